The lowest BCUT2D eigenvalue weighted by Crippen LogP contribution is -2.02. The van der Waals surface area contributed by atoms with Crippen molar-refractivity contribution in [2.75, 3.05) is 0 Å². The van der Waals surface area contributed by atoms with Crippen LogP contribution in [-0.2, 0) is 19.3 Å². The Balaban J connectivity index is 0.000000101. The number of aromatic nitrogens is 10. The average Bonchev–Trinajstić information content (AvgIpc) is 1.54. The third-order valence-corrected chi connectivity index (χ3v) is 25.8. The number of hydrogen-bond donors (Lipinski definition) is 0. The van der Waals surface area contributed by atoms with Crippen LogP contribution in [0.25, 0.3) is 232 Å². The summed E-state index contributed by atoms with van der Waals surface area (Å²) in [4.78, 5) is 33.0. The highest BCUT2D eigenvalue weighted by molar-refractivity contribution is 6.21. The van der Waals surface area contributed by atoms with Crippen LogP contribution in [0, 0.1) is 13.8 Å². The molecule has 0 atom stereocenters. The number of allylic oxidation sites excluding steroid dienone is 3. The maximum Gasteiger partial charge on any atom is 0.0964 e. The standard InChI is InChI=1S/C39H27N3.C37H23N3.C36H22N4/c1-23-18-29(30-20-28-16-15-26-11-7-17-40-37(26)38(28)41-22-30)19-24(2)39(23)42-33-14-4-3-12-31(33)36-32-13-6-9-25-8-5-10-27(35(25)32)21-34(36)42;1-2-12-32-30(10-1)35-31-11-4-7-24-6-3-8-26(34(24)31)21-33(35)40(32)29-17-15-23(16-18-29)28-20-27-14-13-25-9-5-19-38-36(25)37(27)39-22-28;1-2-12-31-29(10-1)34-30-11-4-7-22-6-3-8-24(33(22)30)18-32(34)40(31)28-17-27(19-37-21-28)26-16-25-14-13-23-9-5-15-38-35(23)36(25)39-20-26/h3-12,14-22H,13H2,1-2H3;1-10,12-22H,11H2;1-10,12-21H,11H2. The summed E-state index contributed by atoms with van der Waals surface area (Å²) in [7, 11) is 0. The van der Waals surface area contributed by atoms with Crippen LogP contribution in [0.5, 0.6) is 0 Å². The number of fused-ring (bicyclic) bond motifs is 21. The lowest BCUT2D eigenvalue weighted by molar-refractivity contribution is 1.12. The predicted molar refractivity (Wildman–Crippen MR) is 508 cm³/mol. The van der Waals surface area contributed by atoms with E-state index in [1.165, 1.54) is 153 Å². The van der Waals surface area contributed by atoms with Crippen LogP contribution in [0.4, 0.5) is 0 Å². The molecule has 0 aliphatic heterocycles. The maximum atomic E-state index is 4.89. The minimum absolute atomic E-state index is 0.919. The zero-order valence-electron chi connectivity index (χ0n) is 66.7. The molecule has 122 heavy (non-hydrogen) atoms. The molecule has 24 aromatic rings. The molecule has 3 aliphatic rings. The SMILES string of the molecule is C1=Cc2cccc3cc4c(c(c23)C1)c1ccccc1n4-c1ccc(-c2cnc3c(ccc4cccnc43)c2)cc1.C1=Cc2cccc3cc4c(c(c23)C1)c1ccccc1n4-c1cncc(-c2cnc3c(ccc4cccnc43)c2)c1.Cc1cc(-c2cnc3c(ccc4cccnc43)c2)cc(C)c1-n1c2ccccc2c2c3c4c(cccc4cc21)C=CC3. The van der Waals surface area contributed by atoms with Gasteiger partial charge in [-0.1, -0.05) is 212 Å². The summed E-state index contributed by atoms with van der Waals surface area (Å²) < 4.78 is 7.29. The molecule has 0 bridgehead atoms. The Morgan fingerprint density at radius 2 is 0.598 bits per heavy atom. The molecule has 0 amide bonds. The van der Waals surface area contributed by atoms with Crippen LogP contribution in [-0.4, -0.2) is 48.6 Å². The Morgan fingerprint density at radius 1 is 0.238 bits per heavy atom. The normalized spacial score (nSPS) is 12.8. The molecular formula is C112H72N10. The number of benzene rings is 14. The van der Waals surface area contributed by atoms with Gasteiger partial charge in [0, 0.05) is 136 Å². The van der Waals surface area contributed by atoms with Gasteiger partial charge in [-0.3, -0.25) is 34.9 Å². The van der Waals surface area contributed by atoms with Crippen molar-refractivity contribution in [1.82, 2.24) is 48.6 Å². The topological polar surface area (TPSA) is 105 Å². The molecule has 0 fully saturated rings. The number of rotatable bonds is 6. The molecule has 10 aromatic heterocycles. The zero-order valence-corrected chi connectivity index (χ0v) is 66.7. The van der Waals surface area contributed by atoms with Gasteiger partial charge in [0.2, 0.25) is 0 Å². The van der Waals surface area contributed by atoms with E-state index < -0.39 is 0 Å². The van der Waals surface area contributed by atoms with Crippen LogP contribution in [0.2, 0.25) is 0 Å². The molecule has 0 N–H and O–H groups in total. The van der Waals surface area contributed by atoms with Gasteiger partial charge in [0.15, 0.2) is 0 Å². The zero-order chi connectivity index (χ0) is 80.4. The summed E-state index contributed by atoms with van der Waals surface area (Å²) in [6, 6.07) is 101. The van der Waals surface area contributed by atoms with Crippen molar-refractivity contribution in [3.05, 3.63) is 391 Å². The van der Waals surface area contributed by atoms with Crippen LogP contribution >= 0.6 is 0 Å². The smallest absolute Gasteiger partial charge is 0.0964 e. The fraction of sp³-hybridized carbons (Fsp3) is 0.0446. The van der Waals surface area contributed by atoms with E-state index in [1.807, 2.05) is 67.8 Å². The van der Waals surface area contributed by atoms with E-state index in [4.69, 9.17) is 19.9 Å². The molecule has 0 saturated carbocycles. The summed E-state index contributed by atoms with van der Waals surface area (Å²) in [6.45, 7) is 4.48. The van der Waals surface area contributed by atoms with Gasteiger partial charge < -0.3 is 13.7 Å². The molecule has 10 heteroatoms. The number of pyridine rings is 7. The van der Waals surface area contributed by atoms with E-state index in [0.717, 1.165) is 124 Å². The van der Waals surface area contributed by atoms with E-state index >= 15 is 0 Å². The first-order valence-electron chi connectivity index (χ1n) is 41.8. The van der Waals surface area contributed by atoms with Crippen molar-refractivity contribution in [3.8, 4) is 50.4 Å². The Bertz CT molecular complexity index is 8750. The summed E-state index contributed by atoms with van der Waals surface area (Å²) in [5.41, 5.74) is 33.8. The van der Waals surface area contributed by atoms with Crippen LogP contribution in [0.3, 0.4) is 0 Å². The Morgan fingerprint density at radius 3 is 1.04 bits per heavy atom. The highest BCUT2D eigenvalue weighted by atomic mass is 15.0. The van der Waals surface area contributed by atoms with Crippen LogP contribution in [0.15, 0.2) is 347 Å². The van der Waals surface area contributed by atoms with E-state index in [-0.39, 0.29) is 0 Å². The number of nitrogens with zero attached hydrogens (tertiary/aromatic N) is 10. The van der Waals surface area contributed by atoms with Gasteiger partial charge in [0.1, 0.15) is 0 Å². The Kier molecular flexibility index (Phi) is 15.5. The van der Waals surface area contributed by atoms with Gasteiger partial charge in [0.25, 0.3) is 0 Å². The first kappa shape index (κ1) is 69.2. The van der Waals surface area contributed by atoms with E-state index in [9.17, 15) is 0 Å². The van der Waals surface area contributed by atoms with Crippen molar-refractivity contribution < 1.29 is 0 Å². The maximum absolute atomic E-state index is 4.89. The van der Waals surface area contributed by atoms with Gasteiger partial charge in [-0.05, 0) is 224 Å². The Hall–Kier alpha value is -15.9. The van der Waals surface area contributed by atoms with Crippen molar-refractivity contribution in [3.63, 3.8) is 0 Å². The van der Waals surface area contributed by atoms with Crippen molar-refractivity contribution in [2.45, 2.75) is 33.1 Å². The molecule has 570 valence electrons. The first-order chi connectivity index (χ1) is 60.3. The molecule has 0 radical (unpaired) electrons. The minimum Gasteiger partial charge on any atom is -0.309 e. The molecule has 3 aliphatic carbocycles. The third kappa shape index (κ3) is 10.8. The monoisotopic (exact) mass is 1560 g/mol. The highest BCUT2D eigenvalue weighted by Gasteiger charge is 2.26. The average molecular weight is 1560 g/mol. The van der Waals surface area contributed by atoms with E-state index in [1.54, 1.807) is 0 Å². The lowest BCUT2D eigenvalue weighted by Gasteiger charge is -2.18. The molecule has 10 heterocycles. The largest absolute Gasteiger partial charge is 0.309 e. The molecule has 14 aromatic carbocycles. The van der Waals surface area contributed by atoms with Gasteiger partial charge in [-0.15, -0.1) is 0 Å². The summed E-state index contributed by atoms with van der Waals surface area (Å²) in [5, 5.41) is 22.6. The second-order valence-corrected chi connectivity index (χ2v) is 32.7. The Labute approximate surface area is 700 Å². The fourth-order valence-electron chi connectivity index (χ4n) is 20.5. The number of para-hydroxylation sites is 3. The van der Waals surface area contributed by atoms with Gasteiger partial charge in [-0.25, -0.2) is 0 Å². The van der Waals surface area contributed by atoms with Gasteiger partial charge in [-0.2, -0.15) is 0 Å². The van der Waals surface area contributed by atoms with Crippen molar-refractivity contribution in [2.24, 2.45) is 0 Å². The quantitative estimate of drug-likeness (QED) is 0.153. The van der Waals surface area contributed by atoms with Gasteiger partial charge >= 0.3 is 0 Å². The van der Waals surface area contributed by atoms with Crippen molar-refractivity contribution >= 4 is 181 Å². The second kappa shape index (κ2) is 27.3. The first-order valence-corrected chi connectivity index (χ1v) is 41.8. The number of aryl methyl sites for hydroxylation is 2. The third-order valence-electron chi connectivity index (χ3n) is 25.8. The molecule has 0 unspecified atom stereocenters. The summed E-state index contributed by atoms with van der Waals surface area (Å²) >= 11 is 0. The molecule has 27 rings (SSSR count). The number of hydrogen-bond acceptors (Lipinski definition) is 7. The molecular weight excluding hydrogens is 1490 g/mol. The van der Waals surface area contributed by atoms with E-state index in [2.05, 4.69) is 340 Å². The lowest BCUT2D eigenvalue weighted by atomic mass is 9.89. The highest BCUT2D eigenvalue weighted by Crippen LogP contribution is 2.47. The molecule has 10 nitrogen and oxygen atoms in total. The van der Waals surface area contributed by atoms with Crippen LogP contribution < -0.4 is 0 Å². The molecule has 0 saturated heterocycles. The van der Waals surface area contributed by atoms with Gasteiger partial charge in [0.05, 0.1) is 83.8 Å². The fourth-order valence-corrected chi connectivity index (χ4v) is 20.5. The predicted octanol–water partition coefficient (Wildman–Crippen LogP) is 27.8. The molecule has 0 spiro atoms. The van der Waals surface area contributed by atoms with E-state index in [0.29, 0.717) is 0 Å². The van der Waals surface area contributed by atoms with Crippen molar-refractivity contribution in [1.29, 1.82) is 0 Å². The second-order valence-electron chi connectivity index (χ2n) is 32.7. The van der Waals surface area contributed by atoms with Crippen LogP contribution in [0.1, 0.15) is 44.5 Å². The summed E-state index contributed by atoms with van der Waals surface area (Å²) in [5.74, 6) is 0. The minimum atomic E-state index is 0.919. The summed E-state index contributed by atoms with van der Waals surface area (Å²) in [6.07, 6.45) is 31.8.